The van der Waals surface area contributed by atoms with Gasteiger partial charge >= 0.3 is 0 Å². The first-order chi connectivity index (χ1) is 26.0. The van der Waals surface area contributed by atoms with Gasteiger partial charge in [-0.25, -0.2) is 0 Å². The normalized spacial score (nSPS) is 17.3. The molecule has 1 heterocycles. The van der Waals surface area contributed by atoms with Crippen molar-refractivity contribution in [1.29, 1.82) is 0 Å². The maximum absolute atomic E-state index is 9.53. The van der Waals surface area contributed by atoms with Gasteiger partial charge in [-0.3, -0.25) is 0 Å². The zero-order valence-electron chi connectivity index (χ0n) is 36.0. The van der Waals surface area contributed by atoms with Crippen LogP contribution in [0.3, 0.4) is 0 Å². The molecule has 39 heavy (non-hydrogen) atoms. The molecule has 0 radical (unpaired) electrons. The van der Waals surface area contributed by atoms with Crippen LogP contribution in [0.25, 0.3) is 76.9 Å². The van der Waals surface area contributed by atoms with Crippen molar-refractivity contribution < 1.29 is 26.3 Å². The van der Waals surface area contributed by atoms with Crippen LogP contribution in [0.1, 0.15) is 21.9 Å². The Morgan fingerprint density at radius 1 is 0.410 bits per heavy atom. The van der Waals surface area contributed by atoms with Gasteiger partial charge in [-0.15, -0.1) is 0 Å². The third-order valence-corrected chi connectivity index (χ3v) is 6.75. The van der Waals surface area contributed by atoms with Crippen molar-refractivity contribution in [1.82, 2.24) is 0 Å². The molecule has 1 aromatic heterocycles. The number of rotatable bonds is 3. The molecule has 0 bridgehead atoms. The van der Waals surface area contributed by atoms with E-state index >= 15 is 0 Å². The molecule has 0 atom stereocenters. The minimum atomic E-state index is -0.691. The maximum atomic E-state index is 9.53. The molecule has 182 valence electrons. The molecule has 0 aliphatic rings. The molecule has 0 N–H and O–H groups in total. The van der Waals surface area contributed by atoms with E-state index in [1.807, 2.05) is 0 Å². The lowest BCUT2D eigenvalue weighted by molar-refractivity contribution is 0.669. The van der Waals surface area contributed by atoms with Gasteiger partial charge in [0.15, 0.2) is 0 Å². The lowest BCUT2D eigenvalue weighted by Crippen LogP contribution is -1.92. The Morgan fingerprint density at radius 2 is 0.974 bits per heavy atom. The van der Waals surface area contributed by atoms with Crippen molar-refractivity contribution in [3.63, 3.8) is 0 Å². The summed E-state index contributed by atoms with van der Waals surface area (Å²) in [7, 11) is 0. The monoisotopic (exact) mass is 512 g/mol. The predicted octanol–water partition coefficient (Wildman–Crippen LogP) is 10.9. The van der Waals surface area contributed by atoms with E-state index in [1.54, 1.807) is 48.5 Å². The van der Waals surface area contributed by atoms with Crippen LogP contribution in [0.5, 0.6) is 0 Å². The number of para-hydroxylation sites is 1. The molecule has 0 aliphatic heterocycles. The van der Waals surface area contributed by atoms with Crippen molar-refractivity contribution in [3.05, 3.63) is 145 Å². The van der Waals surface area contributed by atoms with E-state index in [9.17, 15) is 4.11 Å². The minimum absolute atomic E-state index is 0.0626. The van der Waals surface area contributed by atoms with E-state index < -0.39 is 96.2 Å². The Hall–Kier alpha value is -5.14. The van der Waals surface area contributed by atoms with Crippen LogP contribution < -0.4 is 0 Å². The summed E-state index contributed by atoms with van der Waals surface area (Å²) in [4.78, 5) is 0. The van der Waals surface area contributed by atoms with Gasteiger partial charge in [-0.05, 0) is 73.1 Å². The topological polar surface area (TPSA) is 13.1 Å². The van der Waals surface area contributed by atoms with Gasteiger partial charge in [0.2, 0.25) is 0 Å². The van der Waals surface area contributed by atoms with Crippen LogP contribution in [-0.4, -0.2) is 0 Å². The van der Waals surface area contributed by atoms with Gasteiger partial charge in [-0.1, -0.05) is 127 Å². The summed E-state index contributed by atoms with van der Waals surface area (Å²) in [5.74, 6) is 0. The quantitative estimate of drug-likeness (QED) is 0.215. The average Bonchev–Trinajstić information content (AvgIpc) is 3.60. The van der Waals surface area contributed by atoms with E-state index in [1.165, 1.54) is 0 Å². The highest BCUT2D eigenvalue weighted by atomic mass is 16.3. The van der Waals surface area contributed by atoms with Gasteiger partial charge in [0.05, 0.1) is 21.9 Å². The van der Waals surface area contributed by atoms with Crippen LogP contribution in [0.15, 0.2) is 150 Å². The van der Waals surface area contributed by atoms with E-state index in [-0.39, 0.29) is 55.8 Å². The zero-order valence-corrected chi connectivity index (χ0v) is 20.0. The number of furan rings is 1. The molecule has 8 rings (SSSR count). The highest BCUT2D eigenvalue weighted by molar-refractivity contribution is 6.23. The summed E-state index contributed by atoms with van der Waals surface area (Å²) >= 11 is 0. The average molecular weight is 513 g/mol. The number of fused-ring (bicyclic) bond motifs is 5. The Labute approximate surface area is 249 Å². The van der Waals surface area contributed by atoms with Crippen LogP contribution in [-0.2, 0) is 0 Å². The lowest BCUT2D eigenvalue weighted by atomic mass is 9.83. The van der Waals surface area contributed by atoms with Crippen molar-refractivity contribution in [2.24, 2.45) is 0 Å². The standard InChI is InChI=1S/C38H24O/c1-2-12-25(13-3-1)27-14-4-5-16-29(27)38-32-19-8-6-17-30(32)37(31-18-7-9-20-33(31)38)26-22-23-36-34(24-26)28-15-10-11-21-35(28)39-36/h1-24H/i1D,2D,3D,4D,5D,10D,11D,12D,13D,14D,15D,16D,21D,22D,23D,24D. The molecule has 0 aliphatic carbocycles. The highest BCUT2D eigenvalue weighted by Crippen LogP contribution is 2.46. The predicted molar refractivity (Wildman–Crippen MR) is 165 cm³/mol. The Kier molecular flexibility index (Phi) is 2.53. The zero-order chi connectivity index (χ0) is 39.7. The summed E-state index contributed by atoms with van der Waals surface area (Å²) in [6.45, 7) is 0. The number of benzene rings is 7. The van der Waals surface area contributed by atoms with Gasteiger partial charge in [0.25, 0.3) is 0 Å². The summed E-state index contributed by atoms with van der Waals surface area (Å²) in [6.07, 6.45) is 0. The molecule has 8 aromatic rings. The second-order valence-electron chi connectivity index (χ2n) is 8.85. The third kappa shape index (κ3) is 3.41. The summed E-state index contributed by atoms with van der Waals surface area (Å²) in [6, 6.07) is 4.14. The highest BCUT2D eigenvalue weighted by Gasteiger charge is 2.19. The number of hydrogen-bond donors (Lipinski definition) is 0. The minimum Gasteiger partial charge on any atom is -0.456 e. The first kappa shape index (κ1) is 11.3. The number of hydrogen-bond acceptors (Lipinski definition) is 1. The SMILES string of the molecule is [2H]c1c([2H])c([2H])c(-c2c([2H])c([2H])c([2H])c([2H])c2-c2c3ccccc3c(-c3c([2H])c([2H])c4oc5c([2H])c([2H])c([2H])c([2H])c5c4c3[2H])c3ccccc23)c([2H])c1[2H]. The molecule has 0 saturated heterocycles. The van der Waals surface area contributed by atoms with Crippen molar-refractivity contribution >= 4 is 43.5 Å². The molecule has 0 amide bonds. The molecule has 7 aromatic carbocycles. The van der Waals surface area contributed by atoms with E-state index in [2.05, 4.69) is 0 Å². The summed E-state index contributed by atoms with van der Waals surface area (Å²) in [5.41, 5.74) is -0.966. The van der Waals surface area contributed by atoms with Gasteiger partial charge in [-0.2, -0.15) is 0 Å². The summed E-state index contributed by atoms with van der Waals surface area (Å²) in [5, 5.41) is 1.22. The lowest BCUT2D eigenvalue weighted by Gasteiger charge is -2.19. The molecule has 1 heteroatoms. The first-order valence-electron chi connectivity index (χ1n) is 20.1. The smallest absolute Gasteiger partial charge is 0.135 e. The van der Waals surface area contributed by atoms with Gasteiger partial charge in [0, 0.05) is 10.8 Å². The second-order valence-corrected chi connectivity index (χ2v) is 8.85. The fourth-order valence-electron chi connectivity index (χ4n) is 5.16. The third-order valence-electron chi connectivity index (χ3n) is 6.75. The Bertz CT molecular complexity index is 2970. The van der Waals surface area contributed by atoms with Crippen LogP contribution in [0.2, 0.25) is 0 Å². The van der Waals surface area contributed by atoms with Crippen LogP contribution in [0.4, 0.5) is 0 Å². The van der Waals surface area contributed by atoms with Gasteiger partial charge in [0.1, 0.15) is 11.2 Å². The largest absolute Gasteiger partial charge is 0.456 e. The van der Waals surface area contributed by atoms with E-state index in [0.717, 1.165) is 0 Å². The molecule has 0 unspecified atom stereocenters. The molecular formula is C38H24O. The Morgan fingerprint density at radius 3 is 1.69 bits per heavy atom. The molecule has 0 saturated carbocycles. The van der Waals surface area contributed by atoms with Crippen molar-refractivity contribution in [2.45, 2.75) is 0 Å². The van der Waals surface area contributed by atoms with E-state index in [4.69, 9.17) is 22.2 Å². The molecule has 0 spiro atoms. The first-order valence-corrected chi connectivity index (χ1v) is 12.1. The Balaban J connectivity index is 1.60. The molecular weight excluding hydrogens is 472 g/mol. The molecule has 1 nitrogen and oxygen atoms in total. The van der Waals surface area contributed by atoms with Crippen molar-refractivity contribution in [2.75, 3.05) is 0 Å². The summed E-state index contributed by atoms with van der Waals surface area (Å²) < 4.78 is 145. The fraction of sp³-hybridized carbons (Fsp3) is 0. The van der Waals surface area contributed by atoms with Gasteiger partial charge < -0.3 is 4.42 Å². The molecule has 0 fully saturated rings. The van der Waals surface area contributed by atoms with Crippen LogP contribution >= 0.6 is 0 Å². The van der Waals surface area contributed by atoms with Crippen LogP contribution in [0, 0.1) is 0 Å². The second kappa shape index (κ2) is 8.72. The fourth-order valence-corrected chi connectivity index (χ4v) is 5.16. The maximum Gasteiger partial charge on any atom is 0.135 e. The van der Waals surface area contributed by atoms with E-state index in [0.29, 0.717) is 21.5 Å². The van der Waals surface area contributed by atoms with Crippen molar-refractivity contribution in [3.8, 4) is 33.4 Å².